The molecule has 0 aliphatic carbocycles. The minimum Gasteiger partial charge on any atom is -0.394 e. The SMILES string of the molecule is O=C(Cc1ccccc1)N[C@H]1C(O)O[C@H](CO)[C@@H](O)[C@@H]1O. The van der Waals surface area contributed by atoms with Crippen LogP contribution in [0.4, 0.5) is 0 Å². The van der Waals surface area contributed by atoms with Crippen molar-refractivity contribution < 1.29 is 30.0 Å². The Morgan fingerprint density at radius 3 is 2.43 bits per heavy atom. The minimum absolute atomic E-state index is 0.0797. The van der Waals surface area contributed by atoms with Crippen molar-refractivity contribution in [3.63, 3.8) is 0 Å². The molecule has 1 fully saturated rings. The van der Waals surface area contributed by atoms with E-state index in [1.165, 1.54) is 0 Å². The standard InChI is InChI=1S/C14H19NO6/c16-7-9-12(18)13(19)11(14(20)21-9)15-10(17)6-8-4-2-1-3-5-8/h1-5,9,11-14,16,18-20H,6-7H2,(H,15,17)/t9-,11-,12-,13-,14?/m1/s1. The summed E-state index contributed by atoms with van der Waals surface area (Å²) in [5.41, 5.74) is 0.782. The molecule has 1 aliphatic rings. The molecule has 1 unspecified atom stereocenters. The Labute approximate surface area is 121 Å². The van der Waals surface area contributed by atoms with Crippen LogP contribution < -0.4 is 5.32 Å². The fourth-order valence-electron chi connectivity index (χ4n) is 2.27. The van der Waals surface area contributed by atoms with Gasteiger partial charge >= 0.3 is 0 Å². The summed E-state index contributed by atoms with van der Waals surface area (Å²) in [7, 11) is 0. The second-order valence-corrected chi connectivity index (χ2v) is 4.98. The lowest BCUT2D eigenvalue weighted by Gasteiger charge is -2.40. The van der Waals surface area contributed by atoms with E-state index in [4.69, 9.17) is 9.84 Å². The lowest BCUT2D eigenvalue weighted by Crippen LogP contribution is -2.64. The van der Waals surface area contributed by atoms with E-state index in [9.17, 15) is 20.1 Å². The van der Waals surface area contributed by atoms with E-state index in [0.29, 0.717) is 0 Å². The van der Waals surface area contributed by atoms with Crippen LogP contribution in [0.2, 0.25) is 0 Å². The molecule has 1 aromatic rings. The lowest BCUT2D eigenvalue weighted by atomic mass is 9.97. The number of hydrogen-bond donors (Lipinski definition) is 5. The number of ether oxygens (including phenoxy) is 1. The number of hydrogen-bond acceptors (Lipinski definition) is 6. The molecule has 7 heteroatoms. The first-order chi connectivity index (χ1) is 10.0. The van der Waals surface area contributed by atoms with Crippen molar-refractivity contribution in [1.29, 1.82) is 0 Å². The minimum atomic E-state index is -1.50. The Kier molecular flexibility index (Phi) is 5.27. The average Bonchev–Trinajstić information content (AvgIpc) is 2.48. The predicted molar refractivity (Wildman–Crippen MR) is 72.1 cm³/mol. The number of carbonyl (C=O) groups excluding carboxylic acids is 1. The van der Waals surface area contributed by atoms with Gasteiger partial charge in [-0.1, -0.05) is 30.3 Å². The van der Waals surface area contributed by atoms with E-state index >= 15 is 0 Å². The third-order valence-corrected chi connectivity index (χ3v) is 3.44. The van der Waals surface area contributed by atoms with Crippen LogP contribution in [-0.4, -0.2) is 63.6 Å². The molecule has 1 heterocycles. The molecule has 116 valence electrons. The summed E-state index contributed by atoms with van der Waals surface area (Å²) in [5.74, 6) is -0.414. The van der Waals surface area contributed by atoms with Crippen molar-refractivity contribution >= 4 is 5.91 Å². The van der Waals surface area contributed by atoms with Crippen LogP contribution in [-0.2, 0) is 16.0 Å². The van der Waals surface area contributed by atoms with Crippen molar-refractivity contribution in [2.24, 2.45) is 0 Å². The predicted octanol–water partition coefficient (Wildman–Crippen LogP) is -1.85. The molecule has 5 atom stereocenters. The lowest BCUT2D eigenvalue weighted by molar-refractivity contribution is -0.253. The van der Waals surface area contributed by atoms with E-state index in [1.54, 1.807) is 24.3 Å². The number of aliphatic hydroxyl groups is 4. The van der Waals surface area contributed by atoms with Crippen LogP contribution in [0.15, 0.2) is 30.3 Å². The number of nitrogens with one attached hydrogen (secondary N) is 1. The number of benzene rings is 1. The van der Waals surface area contributed by atoms with E-state index in [1.807, 2.05) is 6.07 Å². The first kappa shape index (κ1) is 15.9. The van der Waals surface area contributed by atoms with Crippen LogP contribution in [0.1, 0.15) is 5.56 Å². The maximum absolute atomic E-state index is 11.9. The molecule has 2 rings (SSSR count). The van der Waals surface area contributed by atoms with Crippen molar-refractivity contribution in [1.82, 2.24) is 5.32 Å². The summed E-state index contributed by atoms with van der Waals surface area (Å²) >= 11 is 0. The fraction of sp³-hybridized carbons (Fsp3) is 0.500. The third-order valence-electron chi connectivity index (χ3n) is 3.44. The second-order valence-electron chi connectivity index (χ2n) is 4.98. The summed E-state index contributed by atoms with van der Waals surface area (Å²) in [5, 5.41) is 40.8. The number of amides is 1. The summed E-state index contributed by atoms with van der Waals surface area (Å²) in [6, 6.07) is 7.83. The first-order valence-corrected chi connectivity index (χ1v) is 6.66. The van der Waals surface area contributed by atoms with Gasteiger partial charge in [0, 0.05) is 0 Å². The Morgan fingerprint density at radius 1 is 1.14 bits per heavy atom. The van der Waals surface area contributed by atoms with E-state index in [-0.39, 0.29) is 6.42 Å². The van der Waals surface area contributed by atoms with Crippen LogP contribution >= 0.6 is 0 Å². The molecule has 1 aliphatic heterocycles. The number of aliphatic hydroxyl groups excluding tert-OH is 4. The maximum Gasteiger partial charge on any atom is 0.224 e. The van der Waals surface area contributed by atoms with Crippen molar-refractivity contribution in [3.8, 4) is 0 Å². The summed E-state index contributed by atoms with van der Waals surface area (Å²) < 4.78 is 4.96. The number of carbonyl (C=O) groups is 1. The highest BCUT2D eigenvalue weighted by molar-refractivity contribution is 5.79. The zero-order valence-electron chi connectivity index (χ0n) is 11.3. The molecule has 21 heavy (non-hydrogen) atoms. The van der Waals surface area contributed by atoms with Gasteiger partial charge in [-0.25, -0.2) is 0 Å². The van der Waals surface area contributed by atoms with Gasteiger partial charge in [-0.15, -0.1) is 0 Å². The van der Waals surface area contributed by atoms with Gasteiger partial charge in [-0.05, 0) is 5.56 Å². The van der Waals surface area contributed by atoms with Crippen LogP contribution in [0, 0.1) is 0 Å². The molecule has 1 saturated heterocycles. The molecular weight excluding hydrogens is 278 g/mol. The quantitative estimate of drug-likeness (QED) is 0.445. The molecule has 0 bridgehead atoms. The van der Waals surface area contributed by atoms with E-state index in [0.717, 1.165) is 5.56 Å². The van der Waals surface area contributed by atoms with E-state index < -0.39 is 43.2 Å². The molecule has 1 amide bonds. The number of rotatable bonds is 4. The largest absolute Gasteiger partial charge is 0.394 e. The molecule has 0 radical (unpaired) electrons. The molecule has 5 N–H and O–H groups in total. The molecule has 0 saturated carbocycles. The van der Waals surface area contributed by atoms with Gasteiger partial charge in [0.15, 0.2) is 6.29 Å². The van der Waals surface area contributed by atoms with Crippen LogP contribution in [0.25, 0.3) is 0 Å². The van der Waals surface area contributed by atoms with E-state index in [2.05, 4.69) is 5.32 Å². The van der Waals surface area contributed by atoms with Crippen molar-refractivity contribution in [2.45, 2.75) is 37.1 Å². The molecule has 7 nitrogen and oxygen atoms in total. The zero-order valence-corrected chi connectivity index (χ0v) is 11.3. The maximum atomic E-state index is 11.9. The Morgan fingerprint density at radius 2 is 1.81 bits per heavy atom. The van der Waals surface area contributed by atoms with Gasteiger partial charge in [0.25, 0.3) is 0 Å². The van der Waals surface area contributed by atoms with Crippen LogP contribution in [0.5, 0.6) is 0 Å². The van der Waals surface area contributed by atoms with Gasteiger partial charge in [0.1, 0.15) is 24.4 Å². The highest BCUT2D eigenvalue weighted by Gasteiger charge is 2.44. The highest BCUT2D eigenvalue weighted by atomic mass is 16.6. The topological polar surface area (TPSA) is 119 Å². The smallest absolute Gasteiger partial charge is 0.224 e. The summed E-state index contributed by atoms with van der Waals surface area (Å²) in [4.78, 5) is 11.9. The van der Waals surface area contributed by atoms with Gasteiger partial charge in [0.2, 0.25) is 5.91 Å². The Hall–Kier alpha value is -1.51. The van der Waals surface area contributed by atoms with Gasteiger partial charge in [0.05, 0.1) is 13.0 Å². The summed E-state index contributed by atoms with van der Waals surface area (Å²) in [6.45, 7) is -0.542. The van der Waals surface area contributed by atoms with Crippen LogP contribution in [0.3, 0.4) is 0 Å². The van der Waals surface area contributed by atoms with Crippen molar-refractivity contribution in [2.75, 3.05) is 6.61 Å². The highest BCUT2D eigenvalue weighted by Crippen LogP contribution is 2.19. The fourth-order valence-corrected chi connectivity index (χ4v) is 2.27. The first-order valence-electron chi connectivity index (χ1n) is 6.66. The zero-order chi connectivity index (χ0) is 15.4. The Balaban J connectivity index is 1.96. The monoisotopic (exact) mass is 297 g/mol. The molecule has 0 aromatic heterocycles. The summed E-state index contributed by atoms with van der Waals surface area (Å²) in [6.07, 6.45) is -5.32. The van der Waals surface area contributed by atoms with Gasteiger partial charge in [-0.3, -0.25) is 4.79 Å². The second kappa shape index (κ2) is 6.97. The molecule has 0 spiro atoms. The third kappa shape index (κ3) is 3.78. The van der Waals surface area contributed by atoms with Gasteiger partial charge in [-0.2, -0.15) is 0 Å². The van der Waals surface area contributed by atoms with Gasteiger partial charge < -0.3 is 30.5 Å². The normalized spacial score (nSPS) is 32.7. The Bertz CT molecular complexity index is 468. The average molecular weight is 297 g/mol. The van der Waals surface area contributed by atoms with Crippen molar-refractivity contribution in [3.05, 3.63) is 35.9 Å². The molecular formula is C14H19NO6. The molecule has 1 aromatic carbocycles.